The summed E-state index contributed by atoms with van der Waals surface area (Å²) in [6.07, 6.45) is 2.18. The summed E-state index contributed by atoms with van der Waals surface area (Å²) in [7, 11) is 0. The van der Waals surface area contributed by atoms with Gasteiger partial charge in [-0.3, -0.25) is 0 Å². The summed E-state index contributed by atoms with van der Waals surface area (Å²) in [5.74, 6) is 0.628. The van der Waals surface area contributed by atoms with Gasteiger partial charge in [-0.1, -0.05) is 0 Å². The normalized spacial score (nSPS) is 26.5. The molecule has 0 radical (unpaired) electrons. The van der Waals surface area contributed by atoms with E-state index in [9.17, 15) is 0 Å². The third-order valence-electron chi connectivity index (χ3n) is 2.45. The van der Waals surface area contributed by atoms with E-state index in [0.29, 0.717) is 5.92 Å². The van der Waals surface area contributed by atoms with Gasteiger partial charge in [0.15, 0.2) is 0 Å². The predicted molar refractivity (Wildman–Crippen MR) is 58.3 cm³/mol. The smallest absolute Gasteiger partial charge is 0.0636 e. The quantitative estimate of drug-likeness (QED) is 0.717. The first-order valence-corrected chi connectivity index (χ1v) is 4.75. The standard InChI is InChI=1S/C10H21NO.ClH/c1-9(2)5-8(7-11)6-10(3,4)12-9;/h8H,5-7,11H2,1-4H3;1H. The van der Waals surface area contributed by atoms with Crippen LogP contribution in [0.5, 0.6) is 0 Å². The number of rotatable bonds is 1. The molecule has 3 heteroatoms. The summed E-state index contributed by atoms with van der Waals surface area (Å²) in [6.45, 7) is 9.39. The molecule has 13 heavy (non-hydrogen) atoms. The molecule has 1 heterocycles. The van der Waals surface area contributed by atoms with Gasteiger partial charge in [0, 0.05) is 0 Å². The minimum Gasteiger partial charge on any atom is -0.370 e. The molecule has 1 aliphatic heterocycles. The van der Waals surface area contributed by atoms with Crippen molar-refractivity contribution in [1.82, 2.24) is 0 Å². The molecular weight excluding hydrogens is 186 g/mol. The Balaban J connectivity index is 0.00000144. The summed E-state index contributed by atoms with van der Waals surface area (Å²) >= 11 is 0. The molecule has 1 rings (SSSR count). The van der Waals surface area contributed by atoms with Crippen molar-refractivity contribution in [3.63, 3.8) is 0 Å². The van der Waals surface area contributed by atoms with Crippen molar-refractivity contribution in [3.8, 4) is 0 Å². The van der Waals surface area contributed by atoms with Crippen molar-refractivity contribution in [2.75, 3.05) is 6.54 Å². The van der Waals surface area contributed by atoms with E-state index in [1.54, 1.807) is 0 Å². The molecule has 1 aliphatic rings. The van der Waals surface area contributed by atoms with Gasteiger partial charge in [-0.15, -0.1) is 12.4 Å². The fourth-order valence-corrected chi connectivity index (χ4v) is 2.46. The van der Waals surface area contributed by atoms with Crippen molar-refractivity contribution in [2.24, 2.45) is 11.7 Å². The average molecular weight is 208 g/mol. The first-order valence-electron chi connectivity index (χ1n) is 4.75. The summed E-state index contributed by atoms with van der Waals surface area (Å²) in [6, 6.07) is 0. The fourth-order valence-electron chi connectivity index (χ4n) is 2.46. The number of nitrogens with two attached hydrogens (primary N) is 1. The fraction of sp³-hybridized carbons (Fsp3) is 1.00. The molecule has 0 atom stereocenters. The van der Waals surface area contributed by atoms with Crippen LogP contribution in [-0.2, 0) is 4.74 Å². The Bertz CT molecular complexity index is 152. The summed E-state index contributed by atoms with van der Waals surface area (Å²) < 4.78 is 5.94. The Labute approximate surface area is 87.6 Å². The Morgan fingerprint density at radius 2 is 1.54 bits per heavy atom. The second-order valence-corrected chi connectivity index (χ2v) is 5.13. The van der Waals surface area contributed by atoms with Gasteiger partial charge in [0.25, 0.3) is 0 Å². The maximum absolute atomic E-state index is 5.94. The zero-order valence-corrected chi connectivity index (χ0v) is 9.91. The number of hydrogen-bond donors (Lipinski definition) is 1. The van der Waals surface area contributed by atoms with Gasteiger partial charge in [-0.25, -0.2) is 0 Å². The molecule has 0 bridgehead atoms. The Morgan fingerprint density at radius 3 is 1.85 bits per heavy atom. The molecule has 0 aromatic heterocycles. The van der Waals surface area contributed by atoms with Crippen LogP contribution in [0.25, 0.3) is 0 Å². The van der Waals surface area contributed by atoms with Crippen molar-refractivity contribution in [3.05, 3.63) is 0 Å². The summed E-state index contributed by atoms with van der Waals surface area (Å²) in [4.78, 5) is 0. The average Bonchev–Trinajstić information content (AvgIpc) is 1.80. The molecule has 0 spiro atoms. The lowest BCUT2D eigenvalue weighted by atomic mass is 9.81. The molecule has 0 amide bonds. The molecular formula is C10H22ClNO. The molecule has 2 N–H and O–H groups in total. The highest BCUT2D eigenvalue weighted by molar-refractivity contribution is 5.85. The molecule has 0 aliphatic carbocycles. The van der Waals surface area contributed by atoms with Crippen LogP contribution in [0.4, 0.5) is 0 Å². The summed E-state index contributed by atoms with van der Waals surface area (Å²) in [5, 5.41) is 0. The van der Waals surface area contributed by atoms with E-state index in [2.05, 4.69) is 27.7 Å². The molecule has 0 aromatic carbocycles. The van der Waals surface area contributed by atoms with E-state index in [0.717, 1.165) is 19.4 Å². The van der Waals surface area contributed by atoms with E-state index >= 15 is 0 Å². The number of halogens is 1. The van der Waals surface area contributed by atoms with Gasteiger partial charge in [0.05, 0.1) is 11.2 Å². The molecule has 0 unspecified atom stereocenters. The SMILES string of the molecule is CC1(C)CC(CN)CC(C)(C)O1.Cl. The zero-order chi connectivity index (χ0) is 9.41. The van der Waals surface area contributed by atoms with Gasteiger partial charge >= 0.3 is 0 Å². The van der Waals surface area contributed by atoms with Crippen LogP contribution in [0.2, 0.25) is 0 Å². The first-order chi connectivity index (χ1) is 5.35. The van der Waals surface area contributed by atoms with Crippen molar-refractivity contribution in [1.29, 1.82) is 0 Å². The highest BCUT2D eigenvalue weighted by Crippen LogP contribution is 2.37. The lowest BCUT2D eigenvalue weighted by Gasteiger charge is -2.45. The van der Waals surface area contributed by atoms with Crippen LogP contribution < -0.4 is 5.73 Å². The molecule has 0 aromatic rings. The Kier molecular flexibility index (Phi) is 4.23. The monoisotopic (exact) mass is 207 g/mol. The van der Waals surface area contributed by atoms with E-state index in [1.807, 2.05) is 0 Å². The molecule has 0 saturated carbocycles. The van der Waals surface area contributed by atoms with Crippen LogP contribution in [0, 0.1) is 5.92 Å². The van der Waals surface area contributed by atoms with Crippen LogP contribution in [-0.4, -0.2) is 17.7 Å². The minimum absolute atomic E-state index is 0. The molecule has 2 nitrogen and oxygen atoms in total. The van der Waals surface area contributed by atoms with Crippen LogP contribution in [0.1, 0.15) is 40.5 Å². The van der Waals surface area contributed by atoms with Gasteiger partial charge in [0.1, 0.15) is 0 Å². The molecule has 80 valence electrons. The van der Waals surface area contributed by atoms with E-state index in [4.69, 9.17) is 10.5 Å². The highest BCUT2D eigenvalue weighted by atomic mass is 35.5. The Morgan fingerprint density at radius 1 is 1.15 bits per heavy atom. The van der Waals surface area contributed by atoms with Crippen LogP contribution in [0.3, 0.4) is 0 Å². The lowest BCUT2D eigenvalue weighted by Crippen LogP contribution is -2.46. The first kappa shape index (κ1) is 13.2. The maximum atomic E-state index is 5.94. The van der Waals surface area contributed by atoms with Crippen molar-refractivity contribution in [2.45, 2.75) is 51.7 Å². The number of hydrogen-bond acceptors (Lipinski definition) is 2. The topological polar surface area (TPSA) is 35.2 Å². The van der Waals surface area contributed by atoms with Crippen LogP contribution >= 0.6 is 12.4 Å². The third kappa shape index (κ3) is 3.84. The van der Waals surface area contributed by atoms with E-state index in [1.165, 1.54) is 0 Å². The van der Waals surface area contributed by atoms with Crippen LogP contribution in [0.15, 0.2) is 0 Å². The third-order valence-corrected chi connectivity index (χ3v) is 2.45. The van der Waals surface area contributed by atoms with Gasteiger partial charge in [-0.05, 0) is 53.0 Å². The van der Waals surface area contributed by atoms with Crippen molar-refractivity contribution < 1.29 is 4.74 Å². The van der Waals surface area contributed by atoms with Crippen molar-refractivity contribution >= 4 is 12.4 Å². The van der Waals surface area contributed by atoms with E-state index in [-0.39, 0.29) is 23.6 Å². The largest absolute Gasteiger partial charge is 0.370 e. The second-order valence-electron chi connectivity index (χ2n) is 5.13. The van der Waals surface area contributed by atoms with E-state index < -0.39 is 0 Å². The van der Waals surface area contributed by atoms with Gasteiger partial charge in [-0.2, -0.15) is 0 Å². The zero-order valence-electron chi connectivity index (χ0n) is 9.09. The molecule has 1 fully saturated rings. The lowest BCUT2D eigenvalue weighted by molar-refractivity contribution is -0.171. The predicted octanol–water partition coefficient (Wildman–Crippen LogP) is 2.35. The number of ether oxygens (including phenoxy) is 1. The van der Waals surface area contributed by atoms with Gasteiger partial charge in [0.2, 0.25) is 0 Å². The Hall–Kier alpha value is 0.210. The highest BCUT2D eigenvalue weighted by Gasteiger charge is 2.38. The molecule has 1 saturated heterocycles. The van der Waals surface area contributed by atoms with Gasteiger partial charge < -0.3 is 10.5 Å². The minimum atomic E-state index is 0. The maximum Gasteiger partial charge on any atom is 0.0636 e. The summed E-state index contributed by atoms with van der Waals surface area (Å²) in [5.41, 5.74) is 5.70. The second kappa shape index (κ2) is 4.16.